The van der Waals surface area contributed by atoms with Crippen LogP contribution in [0.5, 0.6) is 5.88 Å². The number of ether oxygens (including phenoxy) is 1. The summed E-state index contributed by atoms with van der Waals surface area (Å²) in [5.41, 5.74) is 1.26. The van der Waals surface area contributed by atoms with Gasteiger partial charge in [-0.2, -0.15) is 0 Å². The normalized spacial score (nSPS) is 21.5. The SMILES string of the molecule is CC(C)Oc1nccnc1NC[C@@H]1CCCN(C)[C@H]1c1cncn1C. The summed E-state index contributed by atoms with van der Waals surface area (Å²) >= 11 is 0. The first-order chi connectivity index (χ1) is 12.1. The number of hydrogen-bond acceptors (Lipinski definition) is 6. The Labute approximate surface area is 149 Å². The van der Waals surface area contributed by atoms with Gasteiger partial charge in [-0.3, -0.25) is 4.90 Å². The predicted octanol–water partition coefficient (Wildman–Crippen LogP) is 2.49. The number of nitrogens with one attached hydrogen (secondary N) is 1. The lowest BCUT2D eigenvalue weighted by Gasteiger charge is -2.39. The van der Waals surface area contributed by atoms with Crippen molar-refractivity contribution in [2.45, 2.75) is 38.8 Å². The van der Waals surface area contributed by atoms with Crippen molar-refractivity contribution in [3.63, 3.8) is 0 Å². The quantitative estimate of drug-likeness (QED) is 0.868. The fourth-order valence-corrected chi connectivity index (χ4v) is 3.58. The molecule has 1 fully saturated rings. The summed E-state index contributed by atoms with van der Waals surface area (Å²) in [5, 5.41) is 3.47. The smallest absolute Gasteiger partial charge is 0.257 e. The fourth-order valence-electron chi connectivity index (χ4n) is 3.58. The number of aryl methyl sites for hydroxylation is 1. The van der Waals surface area contributed by atoms with Gasteiger partial charge in [0.2, 0.25) is 0 Å². The second-order valence-corrected chi connectivity index (χ2v) is 7.01. The summed E-state index contributed by atoms with van der Waals surface area (Å²) in [6, 6.07) is 0.347. The van der Waals surface area contributed by atoms with E-state index in [0.717, 1.165) is 13.1 Å². The van der Waals surface area contributed by atoms with E-state index in [1.165, 1.54) is 18.5 Å². The lowest BCUT2D eigenvalue weighted by Crippen LogP contribution is -2.39. The number of imidazole rings is 1. The molecule has 0 radical (unpaired) electrons. The van der Waals surface area contributed by atoms with Crippen LogP contribution < -0.4 is 10.1 Å². The fraction of sp³-hybridized carbons (Fsp3) is 0.611. The molecule has 0 saturated carbocycles. The average molecular weight is 344 g/mol. The maximum Gasteiger partial charge on any atom is 0.257 e. The Balaban J connectivity index is 1.74. The molecule has 0 aliphatic carbocycles. The van der Waals surface area contributed by atoms with E-state index in [0.29, 0.717) is 23.7 Å². The summed E-state index contributed by atoms with van der Waals surface area (Å²) in [7, 11) is 4.26. The standard InChI is InChI=1S/C18H28N6O/c1-13(2)25-18-17(20-7-8-21-18)22-10-14-6-5-9-23(3)16(14)15-11-19-12-24(15)4/h7-8,11-14,16H,5-6,9-10H2,1-4H3,(H,20,22)/t14-,16+/m0/s1. The molecule has 0 unspecified atom stereocenters. The molecule has 0 bridgehead atoms. The molecule has 2 atom stereocenters. The zero-order valence-corrected chi connectivity index (χ0v) is 15.5. The maximum absolute atomic E-state index is 5.76. The van der Waals surface area contributed by atoms with Crippen molar-refractivity contribution < 1.29 is 4.74 Å². The number of aromatic nitrogens is 4. The van der Waals surface area contributed by atoms with Crippen LogP contribution in [-0.4, -0.2) is 50.7 Å². The van der Waals surface area contributed by atoms with Gasteiger partial charge in [0.25, 0.3) is 5.88 Å². The summed E-state index contributed by atoms with van der Waals surface area (Å²) < 4.78 is 7.88. The van der Waals surface area contributed by atoms with Gasteiger partial charge in [0, 0.05) is 32.2 Å². The highest BCUT2D eigenvalue weighted by atomic mass is 16.5. The van der Waals surface area contributed by atoms with Gasteiger partial charge in [0.05, 0.1) is 24.2 Å². The van der Waals surface area contributed by atoms with Gasteiger partial charge in [0.1, 0.15) is 0 Å². The molecule has 0 amide bonds. The van der Waals surface area contributed by atoms with Crippen molar-refractivity contribution in [1.29, 1.82) is 0 Å². The second kappa shape index (κ2) is 7.82. The third-order valence-corrected chi connectivity index (χ3v) is 4.71. The van der Waals surface area contributed by atoms with Gasteiger partial charge < -0.3 is 14.6 Å². The Morgan fingerprint density at radius 1 is 1.28 bits per heavy atom. The van der Waals surface area contributed by atoms with E-state index in [2.05, 4.69) is 43.8 Å². The van der Waals surface area contributed by atoms with E-state index >= 15 is 0 Å². The Bertz CT molecular complexity index is 686. The number of rotatable bonds is 6. The molecule has 0 aromatic carbocycles. The molecule has 7 nitrogen and oxygen atoms in total. The number of anilines is 1. The van der Waals surface area contributed by atoms with Crippen molar-refractivity contribution in [3.05, 3.63) is 30.6 Å². The van der Waals surface area contributed by atoms with E-state index in [1.54, 1.807) is 12.4 Å². The highest BCUT2D eigenvalue weighted by Crippen LogP contribution is 2.35. The molecule has 3 rings (SSSR count). The summed E-state index contributed by atoms with van der Waals surface area (Å²) in [5.74, 6) is 1.76. The van der Waals surface area contributed by atoms with E-state index in [9.17, 15) is 0 Å². The molecule has 7 heteroatoms. The van der Waals surface area contributed by atoms with Crippen LogP contribution in [0.25, 0.3) is 0 Å². The first-order valence-corrected chi connectivity index (χ1v) is 8.94. The van der Waals surface area contributed by atoms with Gasteiger partial charge in [-0.05, 0) is 46.2 Å². The average Bonchev–Trinajstić information content (AvgIpc) is 2.99. The molecule has 1 aliphatic heterocycles. The van der Waals surface area contributed by atoms with Crippen LogP contribution in [-0.2, 0) is 7.05 Å². The van der Waals surface area contributed by atoms with E-state index in [1.807, 2.05) is 26.4 Å². The molecule has 3 heterocycles. The predicted molar refractivity (Wildman–Crippen MR) is 97.6 cm³/mol. The number of piperidine rings is 1. The minimum absolute atomic E-state index is 0.0697. The largest absolute Gasteiger partial charge is 0.472 e. The summed E-state index contributed by atoms with van der Waals surface area (Å²) in [6.45, 7) is 5.92. The molecular formula is C18H28N6O. The molecular weight excluding hydrogens is 316 g/mol. The van der Waals surface area contributed by atoms with E-state index in [4.69, 9.17) is 4.74 Å². The van der Waals surface area contributed by atoms with Gasteiger partial charge >= 0.3 is 0 Å². The highest BCUT2D eigenvalue weighted by molar-refractivity contribution is 5.44. The second-order valence-electron chi connectivity index (χ2n) is 7.01. The zero-order chi connectivity index (χ0) is 17.8. The van der Waals surface area contributed by atoms with Crippen molar-refractivity contribution in [2.24, 2.45) is 13.0 Å². The highest BCUT2D eigenvalue weighted by Gasteiger charge is 2.32. The lowest BCUT2D eigenvalue weighted by atomic mass is 9.87. The molecule has 1 N–H and O–H groups in total. The molecule has 1 saturated heterocycles. The monoisotopic (exact) mass is 344 g/mol. The van der Waals surface area contributed by atoms with Crippen molar-refractivity contribution in [1.82, 2.24) is 24.4 Å². The minimum atomic E-state index is 0.0697. The number of likely N-dealkylation sites (tertiary alicyclic amines) is 1. The molecule has 136 valence electrons. The van der Waals surface area contributed by atoms with Crippen LogP contribution in [0.4, 0.5) is 5.82 Å². The summed E-state index contributed by atoms with van der Waals surface area (Å²) in [4.78, 5) is 15.4. The van der Waals surface area contributed by atoms with Gasteiger partial charge in [0.15, 0.2) is 5.82 Å². The van der Waals surface area contributed by atoms with Crippen LogP contribution in [0, 0.1) is 5.92 Å². The van der Waals surface area contributed by atoms with E-state index in [-0.39, 0.29) is 6.10 Å². The first kappa shape index (κ1) is 17.7. The molecule has 2 aromatic heterocycles. The third kappa shape index (κ3) is 4.10. The van der Waals surface area contributed by atoms with Crippen molar-refractivity contribution >= 4 is 5.82 Å². The van der Waals surface area contributed by atoms with Crippen LogP contribution in [0.3, 0.4) is 0 Å². The molecule has 1 aliphatic rings. The van der Waals surface area contributed by atoms with Crippen LogP contribution >= 0.6 is 0 Å². The Kier molecular flexibility index (Phi) is 5.53. The topological polar surface area (TPSA) is 68.1 Å². The number of hydrogen-bond donors (Lipinski definition) is 1. The lowest BCUT2D eigenvalue weighted by molar-refractivity contribution is 0.122. The van der Waals surface area contributed by atoms with Gasteiger partial charge in [-0.1, -0.05) is 0 Å². The Hall–Kier alpha value is -2.15. The Morgan fingerprint density at radius 2 is 2.08 bits per heavy atom. The van der Waals surface area contributed by atoms with Crippen LogP contribution in [0.1, 0.15) is 38.4 Å². The van der Waals surface area contributed by atoms with Crippen molar-refractivity contribution in [2.75, 3.05) is 25.5 Å². The van der Waals surface area contributed by atoms with Crippen LogP contribution in [0.15, 0.2) is 24.9 Å². The zero-order valence-electron chi connectivity index (χ0n) is 15.5. The maximum atomic E-state index is 5.76. The third-order valence-electron chi connectivity index (χ3n) is 4.71. The molecule has 0 spiro atoms. The Morgan fingerprint density at radius 3 is 2.80 bits per heavy atom. The first-order valence-electron chi connectivity index (χ1n) is 8.94. The minimum Gasteiger partial charge on any atom is -0.472 e. The van der Waals surface area contributed by atoms with Gasteiger partial charge in [-0.25, -0.2) is 15.0 Å². The number of nitrogens with zero attached hydrogens (tertiary/aromatic N) is 5. The van der Waals surface area contributed by atoms with Crippen LogP contribution in [0.2, 0.25) is 0 Å². The van der Waals surface area contributed by atoms with Gasteiger partial charge in [-0.15, -0.1) is 0 Å². The van der Waals surface area contributed by atoms with E-state index < -0.39 is 0 Å². The van der Waals surface area contributed by atoms with Crippen molar-refractivity contribution in [3.8, 4) is 5.88 Å². The summed E-state index contributed by atoms with van der Waals surface area (Å²) in [6.07, 6.45) is 9.66. The molecule has 2 aromatic rings. The molecule has 25 heavy (non-hydrogen) atoms.